The van der Waals surface area contributed by atoms with Crippen LogP contribution in [0.25, 0.3) is 32.1 Å². The molecule has 41 heavy (non-hydrogen) atoms. The highest BCUT2D eigenvalue weighted by Crippen LogP contribution is 2.48. The van der Waals surface area contributed by atoms with Crippen LogP contribution in [0.4, 0.5) is 32.8 Å². The number of nitrogens with two attached hydrogens (primary N) is 1. The van der Waals surface area contributed by atoms with E-state index in [1.54, 1.807) is 17.9 Å². The zero-order valence-corrected chi connectivity index (χ0v) is 22.9. The molecular formula is C27H23F5N6O2S. The highest BCUT2D eigenvalue weighted by Gasteiger charge is 2.40. The quantitative estimate of drug-likeness (QED) is 0.286. The molecule has 214 valence electrons. The van der Waals surface area contributed by atoms with Crippen molar-refractivity contribution in [1.29, 1.82) is 5.26 Å². The van der Waals surface area contributed by atoms with Crippen LogP contribution in [0.3, 0.4) is 0 Å². The fourth-order valence-electron chi connectivity index (χ4n) is 5.34. The molecule has 2 N–H and O–H groups in total. The molecule has 4 aromatic rings. The van der Waals surface area contributed by atoms with E-state index >= 15 is 4.39 Å². The molecule has 0 aliphatic carbocycles. The van der Waals surface area contributed by atoms with E-state index in [1.165, 1.54) is 12.0 Å². The monoisotopic (exact) mass is 590 g/mol. The van der Waals surface area contributed by atoms with Gasteiger partial charge in [0.1, 0.15) is 34.3 Å². The summed E-state index contributed by atoms with van der Waals surface area (Å²) in [5.74, 6) is -2.50. The maximum absolute atomic E-state index is 16.5. The molecule has 2 aromatic carbocycles. The van der Waals surface area contributed by atoms with Gasteiger partial charge in [0.15, 0.2) is 5.82 Å². The van der Waals surface area contributed by atoms with Gasteiger partial charge in [-0.1, -0.05) is 6.07 Å². The molecule has 1 fully saturated rings. The number of alkyl halides is 3. The number of methoxy groups -OCH3 is 1. The largest absolute Gasteiger partial charge is 0.467 e. The van der Waals surface area contributed by atoms with Crippen LogP contribution in [0, 0.1) is 23.0 Å². The number of aromatic nitrogens is 2. The summed E-state index contributed by atoms with van der Waals surface area (Å²) in [6.45, 7) is 4.61. The van der Waals surface area contributed by atoms with Crippen LogP contribution in [0.5, 0.6) is 6.01 Å². The van der Waals surface area contributed by atoms with E-state index in [1.807, 2.05) is 6.92 Å². The van der Waals surface area contributed by atoms with Crippen molar-refractivity contribution >= 4 is 49.1 Å². The van der Waals surface area contributed by atoms with Gasteiger partial charge >= 0.3 is 12.2 Å². The highest BCUT2D eigenvalue weighted by molar-refractivity contribution is 7.23. The number of benzene rings is 2. The Labute approximate surface area is 234 Å². The average molecular weight is 591 g/mol. The number of likely N-dealkylation sites (tertiary alicyclic amines) is 1. The van der Waals surface area contributed by atoms with E-state index in [2.05, 4.69) is 9.97 Å². The van der Waals surface area contributed by atoms with Gasteiger partial charge in [0, 0.05) is 36.0 Å². The minimum atomic E-state index is -5.09. The number of nitriles is 1. The number of anilines is 2. The van der Waals surface area contributed by atoms with Crippen LogP contribution in [-0.4, -0.2) is 53.6 Å². The standard InChI is InChI=1S/C27H23F5N6O2S/c1-4-37-9-8-17(25(37)39)38(5-2)24-13-10-15(27(30,31)32)19(20(29)21(13)35-26(36-24)40-3)12-6-7-16(28)22-18(12)14(11-33)23(34)41-22/h6-7,10,17H,4-5,8-9,34H2,1-3H3. The van der Waals surface area contributed by atoms with Gasteiger partial charge in [-0.2, -0.15) is 28.4 Å². The Morgan fingerprint density at radius 3 is 2.59 bits per heavy atom. The lowest BCUT2D eigenvalue weighted by Gasteiger charge is -2.29. The van der Waals surface area contributed by atoms with Crippen LogP contribution in [0.1, 0.15) is 31.4 Å². The SMILES string of the molecule is CCN1CCC(N(CC)c2nc(OC)nc3c(F)c(-c4ccc(F)c5sc(N)c(C#N)c45)c(C(F)(F)F)cc23)C1=O. The summed E-state index contributed by atoms with van der Waals surface area (Å²) in [4.78, 5) is 24.5. The summed E-state index contributed by atoms with van der Waals surface area (Å²) in [5, 5.41) is 9.03. The fraction of sp³-hybridized carbons (Fsp3) is 0.333. The molecule has 1 saturated heterocycles. The number of nitrogen functional groups attached to an aromatic ring is 1. The first kappa shape index (κ1) is 28.3. The van der Waals surface area contributed by atoms with Crippen molar-refractivity contribution in [2.75, 3.05) is 37.4 Å². The molecule has 1 amide bonds. The van der Waals surface area contributed by atoms with Gasteiger partial charge in [0.25, 0.3) is 0 Å². The van der Waals surface area contributed by atoms with Crippen molar-refractivity contribution in [1.82, 2.24) is 14.9 Å². The lowest BCUT2D eigenvalue weighted by molar-refractivity contribution is -0.137. The second kappa shape index (κ2) is 10.3. The Bertz CT molecular complexity index is 1750. The van der Waals surface area contributed by atoms with Crippen molar-refractivity contribution in [3.63, 3.8) is 0 Å². The van der Waals surface area contributed by atoms with E-state index in [9.17, 15) is 27.6 Å². The molecule has 0 bridgehead atoms. The number of halogens is 5. The summed E-state index contributed by atoms with van der Waals surface area (Å²) in [6, 6.07) is 3.34. The predicted octanol–water partition coefficient (Wildman–Crippen LogP) is 5.72. The topological polar surface area (TPSA) is 108 Å². The van der Waals surface area contributed by atoms with Crippen LogP contribution in [-0.2, 0) is 11.0 Å². The van der Waals surface area contributed by atoms with Crippen LogP contribution in [0.2, 0.25) is 0 Å². The van der Waals surface area contributed by atoms with Crippen molar-refractivity contribution in [2.24, 2.45) is 0 Å². The summed E-state index contributed by atoms with van der Waals surface area (Å²) in [7, 11) is 1.22. The zero-order chi connectivity index (χ0) is 29.8. The van der Waals surface area contributed by atoms with E-state index in [0.29, 0.717) is 30.8 Å². The number of carbonyl (C=O) groups excluding carboxylic acids is 1. The Morgan fingerprint density at radius 1 is 1.27 bits per heavy atom. The smallest absolute Gasteiger partial charge is 0.417 e. The summed E-state index contributed by atoms with van der Waals surface area (Å²) in [5.41, 5.74) is 2.44. The number of thiophene rings is 1. The van der Waals surface area contributed by atoms with Crippen LogP contribution < -0.4 is 15.4 Å². The molecule has 3 heterocycles. The van der Waals surface area contributed by atoms with Gasteiger partial charge in [-0.05, 0) is 38.0 Å². The molecule has 2 aromatic heterocycles. The number of hydrogen-bond acceptors (Lipinski definition) is 8. The molecule has 1 atom stereocenters. The first-order valence-electron chi connectivity index (χ1n) is 12.6. The van der Waals surface area contributed by atoms with E-state index in [0.717, 1.165) is 18.2 Å². The number of nitrogens with zero attached hydrogens (tertiary/aromatic N) is 5. The highest BCUT2D eigenvalue weighted by atomic mass is 32.1. The molecular weight excluding hydrogens is 567 g/mol. The van der Waals surface area contributed by atoms with Crippen molar-refractivity contribution in [3.05, 3.63) is 41.0 Å². The minimum Gasteiger partial charge on any atom is -0.467 e. The van der Waals surface area contributed by atoms with Crippen molar-refractivity contribution in [3.8, 4) is 23.2 Å². The second-order valence-electron chi connectivity index (χ2n) is 9.30. The van der Waals surface area contributed by atoms with E-state index < -0.39 is 40.5 Å². The molecule has 0 radical (unpaired) electrons. The Hall–Kier alpha value is -4.25. The Kier molecular flexibility index (Phi) is 7.10. The number of rotatable bonds is 6. The minimum absolute atomic E-state index is 0.0941. The average Bonchev–Trinajstić information content (AvgIpc) is 3.48. The van der Waals surface area contributed by atoms with Gasteiger partial charge in [-0.15, -0.1) is 11.3 Å². The third-order valence-electron chi connectivity index (χ3n) is 7.22. The second-order valence-corrected chi connectivity index (χ2v) is 10.4. The Balaban J connectivity index is 1.88. The van der Waals surface area contributed by atoms with Crippen LogP contribution >= 0.6 is 11.3 Å². The first-order chi connectivity index (χ1) is 19.5. The zero-order valence-electron chi connectivity index (χ0n) is 22.1. The summed E-state index contributed by atoms with van der Waals surface area (Å²) >= 11 is 0.682. The van der Waals surface area contributed by atoms with Crippen LogP contribution in [0.15, 0.2) is 18.2 Å². The molecule has 8 nitrogen and oxygen atoms in total. The number of fused-ring (bicyclic) bond motifs is 2. The summed E-state index contributed by atoms with van der Waals surface area (Å²) in [6.07, 6.45) is -4.69. The number of hydrogen-bond donors (Lipinski definition) is 1. The first-order valence-corrected chi connectivity index (χ1v) is 13.4. The molecule has 0 saturated carbocycles. The van der Waals surface area contributed by atoms with Crippen molar-refractivity contribution in [2.45, 2.75) is 32.5 Å². The fourth-order valence-corrected chi connectivity index (χ4v) is 6.29. The maximum atomic E-state index is 16.5. The lowest BCUT2D eigenvalue weighted by Crippen LogP contribution is -2.42. The van der Waals surface area contributed by atoms with Gasteiger partial charge in [0.05, 0.1) is 22.9 Å². The number of carbonyl (C=O) groups is 1. The Morgan fingerprint density at radius 2 is 2.00 bits per heavy atom. The maximum Gasteiger partial charge on any atom is 0.417 e. The van der Waals surface area contributed by atoms with Gasteiger partial charge in [0.2, 0.25) is 5.91 Å². The number of ether oxygens (including phenoxy) is 1. The van der Waals surface area contributed by atoms with Gasteiger partial charge < -0.3 is 20.3 Å². The van der Waals surface area contributed by atoms with Gasteiger partial charge in [-0.3, -0.25) is 4.79 Å². The summed E-state index contributed by atoms with van der Waals surface area (Å²) < 4.78 is 80.2. The molecule has 1 aliphatic rings. The third kappa shape index (κ3) is 4.44. The molecule has 5 rings (SSSR count). The predicted molar refractivity (Wildman–Crippen MR) is 145 cm³/mol. The third-order valence-corrected chi connectivity index (χ3v) is 8.24. The van der Waals surface area contributed by atoms with Gasteiger partial charge in [-0.25, -0.2) is 8.78 Å². The van der Waals surface area contributed by atoms with E-state index in [-0.39, 0.29) is 55.9 Å². The van der Waals surface area contributed by atoms with Crippen molar-refractivity contribution < 1.29 is 31.5 Å². The normalized spacial score (nSPS) is 15.6. The van der Waals surface area contributed by atoms with E-state index in [4.69, 9.17) is 10.5 Å². The number of amides is 1. The molecule has 1 unspecified atom stereocenters. The lowest BCUT2D eigenvalue weighted by atomic mass is 9.92. The number of likely N-dealkylation sites (N-methyl/N-ethyl adjacent to an activating group) is 2. The molecule has 0 spiro atoms. The molecule has 1 aliphatic heterocycles. The molecule has 14 heteroatoms.